The number of nitrogens with one attached hydrogen (secondary N) is 2. The van der Waals surface area contributed by atoms with Gasteiger partial charge in [-0.25, -0.2) is 8.60 Å². The van der Waals surface area contributed by atoms with Gasteiger partial charge in [-0.15, -0.1) is 0 Å². The van der Waals surface area contributed by atoms with E-state index in [9.17, 15) is 18.5 Å². The molecule has 6 nitrogen and oxygen atoms in total. The Bertz CT molecular complexity index is 605. The second kappa shape index (κ2) is 5.61. The number of hydrogen-bond donors (Lipinski definition) is 3. The molecule has 2 aliphatic heterocycles. The van der Waals surface area contributed by atoms with Crippen LogP contribution in [-0.2, 0) is 22.4 Å². The number of aromatic hydroxyl groups is 1. The number of hydrogen-bond acceptors (Lipinski definition) is 4. The molecule has 0 bridgehead atoms. The standard InChI is InChI=1S/C13H16FN3O3S/c14-12-9(5-8-3-4-15-6-8)1-2-10(18)13(12)17-7-11(19)16-21(17)20/h1-2,8,15,18H,3-7H2,(H,16,19). The highest BCUT2D eigenvalue weighted by Crippen LogP contribution is 2.35. The highest BCUT2D eigenvalue weighted by atomic mass is 32.2. The van der Waals surface area contributed by atoms with Crippen molar-refractivity contribution in [3.05, 3.63) is 23.5 Å². The number of amides is 1. The van der Waals surface area contributed by atoms with Gasteiger partial charge in [-0.2, -0.15) is 0 Å². The van der Waals surface area contributed by atoms with Gasteiger partial charge in [0.15, 0.2) is 5.82 Å². The predicted octanol–water partition coefficient (Wildman–Crippen LogP) is 0.198. The average Bonchev–Trinajstić information content (AvgIpc) is 3.04. The zero-order valence-corrected chi connectivity index (χ0v) is 12.1. The molecule has 2 saturated heterocycles. The van der Waals surface area contributed by atoms with Crippen LogP contribution in [0.1, 0.15) is 12.0 Å². The quantitative estimate of drug-likeness (QED) is 0.744. The minimum Gasteiger partial charge on any atom is -0.506 e. The van der Waals surface area contributed by atoms with Gasteiger partial charge in [0, 0.05) is 0 Å². The van der Waals surface area contributed by atoms with E-state index in [-0.39, 0.29) is 18.0 Å². The minimum absolute atomic E-state index is 0.171. The Morgan fingerprint density at radius 2 is 2.29 bits per heavy atom. The topological polar surface area (TPSA) is 81.7 Å². The largest absolute Gasteiger partial charge is 0.506 e. The molecule has 1 aromatic carbocycles. The van der Waals surface area contributed by atoms with Crippen molar-refractivity contribution < 1.29 is 18.5 Å². The number of carbonyl (C=O) groups is 1. The van der Waals surface area contributed by atoms with Crippen LogP contribution < -0.4 is 14.3 Å². The first-order valence-corrected chi connectivity index (χ1v) is 7.87. The molecule has 8 heteroatoms. The van der Waals surface area contributed by atoms with Crippen molar-refractivity contribution in [2.75, 3.05) is 23.9 Å². The third-order valence-corrected chi connectivity index (χ3v) is 4.90. The maximum atomic E-state index is 14.6. The normalized spacial score (nSPS) is 25.4. The number of nitrogens with zero attached hydrogens (tertiary/aromatic N) is 1. The summed E-state index contributed by atoms with van der Waals surface area (Å²) < 4.78 is 29.6. The van der Waals surface area contributed by atoms with Crippen LogP contribution >= 0.6 is 0 Å². The number of benzene rings is 1. The predicted molar refractivity (Wildman–Crippen MR) is 76.4 cm³/mol. The smallest absolute Gasteiger partial charge is 0.253 e. The molecule has 3 N–H and O–H groups in total. The first-order chi connectivity index (χ1) is 10.1. The fraction of sp³-hybridized carbons (Fsp3) is 0.462. The third-order valence-electron chi connectivity index (χ3n) is 3.78. The van der Waals surface area contributed by atoms with E-state index in [1.54, 1.807) is 6.07 Å². The first-order valence-electron chi connectivity index (χ1n) is 6.76. The molecule has 2 aliphatic rings. The molecule has 3 rings (SSSR count). The maximum absolute atomic E-state index is 14.6. The Morgan fingerprint density at radius 1 is 1.48 bits per heavy atom. The summed E-state index contributed by atoms with van der Waals surface area (Å²) in [4.78, 5) is 11.3. The minimum atomic E-state index is -1.85. The second-order valence-electron chi connectivity index (χ2n) is 5.28. The molecule has 1 aromatic rings. The van der Waals surface area contributed by atoms with Crippen LogP contribution in [0.5, 0.6) is 5.75 Å². The van der Waals surface area contributed by atoms with Crippen molar-refractivity contribution in [1.29, 1.82) is 0 Å². The Hall–Kier alpha value is -1.67. The van der Waals surface area contributed by atoms with Crippen molar-refractivity contribution in [2.24, 2.45) is 5.92 Å². The molecule has 1 amide bonds. The average molecular weight is 313 g/mol. The number of rotatable bonds is 3. The lowest BCUT2D eigenvalue weighted by molar-refractivity contribution is -0.117. The van der Waals surface area contributed by atoms with Crippen LogP contribution in [0.2, 0.25) is 0 Å². The van der Waals surface area contributed by atoms with Gasteiger partial charge in [0.2, 0.25) is 11.2 Å². The zero-order chi connectivity index (χ0) is 15.0. The Labute approximate surface area is 124 Å². The van der Waals surface area contributed by atoms with Crippen LogP contribution in [0.3, 0.4) is 0 Å². The number of halogens is 1. The molecule has 0 aliphatic carbocycles. The molecule has 0 saturated carbocycles. The molecule has 2 heterocycles. The fourth-order valence-corrected chi connectivity index (χ4v) is 3.67. The first kappa shape index (κ1) is 14.3. The molecule has 2 fully saturated rings. The van der Waals surface area contributed by atoms with Gasteiger partial charge < -0.3 is 10.4 Å². The number of carbonyl (C=O) groups excluding carboxylic acids is 1. The monoisotopic (exact) mass is 313 g/mol. The molecule has 0 aromatic heterocycles. The second-order valence-corrected chi connectivity index (χ2v) is 6.42. The van der Waals surface area contributed by atoms with E-state index in [0.717, 1.165) is 23.8 Å². The summed E-state index contributed by atoms with van der Waals surface area (Å²) in [5.74, 6) is -1.03. The molecule has 114 valence electrons. The van der Waals surface area contributed by atoms with E-state index < -0.39 is 22.9 Å². The van der Waals surface area contributed by atoms with Gasteiger partial charge in [0.25, 0.3) is 5.91 Å². The van der Waals surface area contributed by atoms with Crippen LogP contribution in [-0.4, -0.2) is 34.9 Å². The molecule has 2 unspecified atom stereocenters. The van der Waals surface area contributed by atoms with E-state index >= 15 is 0 Å². The van der Waals surface area contributed by atoms with Crippen molar-refractivity contribution in [3.8, 4) is 5.75 Å². The molecular formula is C13H16FN3O3S. The van der Waals surface area contributed by atoms with Crippen LogP contribution in [0, 0.1) is 11.7 Å². The van der Waals surface area contributed by atoms with E-state index in [0.29, 0.717) is 17.9 Å². The van der Waals surface area contributed by atoms with Crippen molar-refractivity contribution in [2.45, 2.75) is 12.8 Å². The van der Waals surface area contributed by atoms with Gasteiger partial charge in [-0.05, 0) is 43.5 Å². The van der Waals surface area contributed by atoms with Gasteiger partial charge in [0.05, 0.1) is 0 Å². The molecule has 0 spiro atoms. The zero-order valence-electron chi connectivity index (χ0n) is 11.3. The van der Waals surface area contributed by atoms with E-state index in [4.69, 9.17) is 0 Å². The van der Waals surface area contributed by atoms with E-state index in [1.807, 2.05) is 0 Å². The van der Waals surface area contributed by atoms with Crippen LogP contribution in [0.15, 0.2) is 12.1 Å². The highest BCUT2D eigenvalue weighted by Gasteiger charge is 2.32. The summed E-state index contributed by atoms with van der Waals surface area (Å²) >= 11 is -1.85. The third kappa shape index (κ3) is 2.73. The molecule has 0 radical (unpaired) electrons. The summed E-state index contributed by atoms with van der Waals surface area (Å²) in [6.07, 6.45) is 1.53. The SMILES string of the molecule is O=C1CN(c2c(O)ccc(CC3CCNC3)c2F)S(=O)N1. The van der Waals surface area contributed by atoms with Crippen LogP contribution in [0.25, 0.3) is 0 Å². The van der Waals surface area contributed by atoms with Gasteiger partial charge in [-0.3, -0.25) is 13.8 Å². The summed E-state index contributed by atoms with van der Waals surface area (Å²) in [6, 6.07) is 2.93. The number of anilines is 1. The number of phenols is 1. The summed E-state index contributed by atoms with van der Waals surface area (Å²) in [6.45, 7) is 1.53. The van der Waals surface area contributed by atoms with Gasteiger partial charge in [-0.1, -0.05) is 6.07 Å². The van der Waals surface area contributed by atoms with Crippen molar-refractivity contribution in [3.63, 3.8) is 0 Å². The Kier molecular flexibility index (Phi) is 3.81. The molecule has 21 heavy (non-hydrogen) atoms. The summed E-state index contributed by atoms with van der Waals surface area (Å²) in [5, 5.41) is 13.1. The molecular weight excluding hydrogens is 297 g/mol. The van der Waals surface area contributed by atoms with Gasteiger partial charge >= 0.3 is 0 Å². The Morgan fingerprint density at radius 3 is 2.90 bits per heavy atom. The van der Waals surface area contributed by atoms with Crippen molar-refractivity contribution >= 4 is 22.8 Å². The number of phenolic OH excluding ortho intramolecular Hbond substituents is 1. The summed E-state index contributed by atoms with van der Waals surface area (Å²) in [5.41, 5.74) is 0.294. The Balaban J connectivity index is 1.92. The fourth-order valence-electron chi connectivity index (χ4n) is 2.73. The van der Waals surface area contributed by atoms with E-state index in [1.165, 1.54) is 6.07 Å². The highest BCUT2D eigenvalue weighted by molar-refractivity contribution is 7.85. The lowest BCUT2D eigenvalue weighted by Gasteiger charge is -2.18. The maximum Gasteiger partial charge on any atom is 0.253 e. The van der Waals surface area contributed by atoms with Crippen LogP contribution in [0.4, 0.5) is 10.1 Å². The molecule has 2 atom stereocenters. The lowest BCUT2D eigenvalue weighted by atomic mass is 9.97. The summed E-state index contributed by atoms with van der Waals surface area (Å²) in [7, 11) is 0. The van der Waals surface area contributed by atoms with E-state index in [2.05, 4.69) is 10.0 Å². The van der Waals surface area contributed by atoms with Gasteiger partial charge in [0.1, 0.15) is 18.0 Å². The lowest BCUT2D eigenvalue weighted by Crippen LogP contribution is -2.24. The van der Waals surface area contributed by atoms with Crippen molar-refractivity contribution in [1.82, 2.24) is 10.0 Å².